The van der Waals surface area contributed by atoms with Crippen LogP contribution in [-0.4, -0.2) is 117 Å². The van der Waals surface area contributed by atoms with Crippen LogP contribution in [-0.2, 0) is 37.9 Å². The third-order valence-electron chi connectivity index (χ3n) is 12.0. The summed E-state index contributed by atoms with van der Waals surface area (Å²) < 4.78 is 48.2. The Morgan fingerprint density at radius 2 is 1.00 bits per heavy atom. The van der Waals surface area contributed by atoms with Gasteiger partial charge in [-0.2, -0.15) is 0 Å². The van der Waals surface area contributed by atoms with E-state index < -0.39 is 0 Å². The van der Waals surface area contributed by atoms with Crippen LogP contribution in [0.4, 0.5) is 0 Å². The van der Waals surface area contributed by atoms with E-state index in [0.717, 1.165) is 51.4 Å². The molecule has 9 heteroatoms. The summed E-state index contributed by atoms with van der Waals surface area (Å²) in [6.45, 7) is 6.30. The van der Waals surface area contributed by atoms with Crippen LogP contribution in [0.3, 0.4) is 0 Å². The van der Waals surface area contributed by atoms with E-state index >= 15 is 0 Å². The lowest BCUT2D eigenvalue weighted by molar-refractivity contribution is -0.170. The molecule has 9 nitrogen and oxygen atoms in total. The van der Waals surface area contributed by atoms with E-state index in [1.54, 1.807) is 21.3 Å². The van der Waals surface area contributed by atoms with Crippen LogP contribution >= 0.6 is 0 Å². The Morgan fingerprint density at radius 3 is 1.44 bits per heavy atom. The molecule has 0 aromatic rings. The smallest absolute Gasteiger partial charge is 0.110 e. The van der Waals surface area contributed by atoms with E-state index in [1.807, 2.05) is 28.3 Å². The third kappa shape index (κ3) is 10.8. The van der Waals surface area contributed by atoms with Crippen molar-refractivity contribution in [2.45, 2.75) is 133 Å². The molecule has 4 aliphatic rings. The van der Waals surface area contributed by atoms with Crippen LogP contribution in [0.5, 0.6) is 0 Å². The summed E-state index contributed by atoms with van der Waals surface area (Å²) in [5.41, 5.74) is 0. The van der Waals surface area contributed by atoms with Gasteiger partial charge in [0.25, 0.3) is 0 Å². The first-order chi connectivity index (χ1) is 23.4. The summed E-state index contributed by atoms with van der Waals surface area (Å²) in [6, 6.07) is 0.765. The van der Waals surface area contributed by atoms with Gasteiger partial charge in [-0.05, 0) is 83.0 Å². The van der Waals surface area contributed by atoms with E-state index in [4.69, 9.17) is 37.9 Å². The first kappa shape index (κ1) is 39.9. The van der Waals surface area contributed by atoms with Crippen molar-refractivity contribution < 1.29 is 37.9 Å². The minimum atomic E-state index is -0.116. The molecule has 1 saturated heterocycles. The van der Waals surface area contributed by atoms with Gasteiger partial charge in [0, 0.05) is 79.1 Å². The molecule has 1 heterocycles. The quantitative estimate of drug-likeness (QED) is 0.186. The maximum Gasteiger partial charge on any atom is 0.110 e. The number of nitrogens with one attached hydrogen (secondary N) is 1. The molecule has 278 valence electrons. The normalized spacial score (nSPS) is 41.3. The Hall–Kier alpha value is -0.880. The lowest BCUT2D eigenvalue weighted by Crippen LogP contribution is -2.50. The third-order valence-corrected chi connectivity index (χ3v) is 12.0. The van der Waals surface area contributed by atoms with Crippen LogP contribution in [0, 0.1) is 29.6 Å². The Balaban J connectivity index is 1.29. The lowest BCUT2D eigenvalue weighted by Gasteiger charge is -2.43. The fourth-order valence-electron chi connectivity index (χ4n) is 9.14. The predicted molar refractivity (Wildman–Crippen MR) is 189 cm³/mol. The van der Waals surface area contributed by atoms with Crippen LogP contribution in [0.15, 0.2) is 24.3 Å². The van der Waals surface area contributed by atoms with Crippen molar-refractivity contribution in [3.8, 4) is 0 Å². The standard InChI is InChI=1S/C39H69NO8/c1-9-32-35(43-5)18-26(19-36(32)44-6)14-16-30-12-11-13-31(40-30)17-15-27-20-37(45-7)39(38(21-27)46-8)48-25-29-23-33(41-3)28(24-47-10-2)22-34(29)42-4/h14-17,26-40H,9-13,18-25H2,1-8H3/b16-14+,17-15+. The molecular formula is C39H69NO8. The second-order valence-corrected chi connectivity index (χ2v) is 14.7. The lowest BCUT2D eigenvalue weighted by atomic mass is 9.76. The molecule has 0 amide bonds. The van der Waals surface area contributed by atoms with E-state index in [-0.39, 0.29) is 48.6 Å². The number of rotatable bonds is 17. The topological polar surface area (TPSA) is 85.9 Å². The SMILES string of the molecule is CCOCC1CC(OC)C(COC2C(OC)CC(/C=C/C3CCCC(/C=C/C4CC(OC)C(CC)C(OC)C4)N3)CC2OC)CC1OC. The second-order valence-electron chi connectivity index (χ2n) is 14.7. The van der Waals surface area contributed by atoms with Crippen molar-refractivity contribution in [1.29, 1.82) is 0 Å². The Bertz CT molecular complexity index is 921. The van der Waals surface area contributed by atoms with Gasteiger partial charge in [-0.1, -0.05) is 31.2 Å². The van der Waals surface area contributed by atoms with E-state index in [9.17, 15) is 0 Å². The highest BCUT2D eigenvalue weighted by Crippen LogP contribution is 2.37. The largest absolute Gasteiger partial charge is 0.381 e. The molecule has 10 atom stereocenters. The van der Waals surface area contributed by atoms with Crippen LogP contribution in [0.25, 0.3) is 0 Å². The van der Waals surface area contributed by atoms with Crippen LogP contribution in [0.2, 0.25) is 0 Å². The first-order valence-electron chi connectivity index (χ1n) is 18.9. The maximum absolute atomic E-state index is 6.67. The molecule has 0 aromatic heterocycles. The summed E-state index contributed by atoms with van der Waals surface area (Å²) in [5, 5.41) is 3.90. The minimum absolute atomic E-state index is 0.0310. The van der Waals surface area contributed by atoms with Crippen molar-refractivity contribution in [2.24, 2.45) is 29.6 Å². The molecule has 1 aliphatic heterocycles. The molecule has 4 rings (SSSR count). The Morgan fingerprint density at radius 1 is 0.542 bits per heavy atom. The highest BCUT2D eigenvalue weighted by atomic mass is 16.6. The minimum Gasteiger partial charge on any atom is -0.381 e. The summed E-state index contributed by atoms with van der Waals surface area (Å²) in [7, 11) is 10.9. The summed E-state index contributed by atoms with van der Waals surface area (Å²) in [5.74, 6) is 1.93. The Labute approximate surface area is 292 Å². The summed E-state index contributed by atoms with van der Waals surface area (Å²) in [4.78, 5) is 0. The van der Waals surface area contributed by atoms with E-state index in [1.165, 1.54) is 12.8 Å². The summed E-state index contributed by atoms with van der Waals surface area (Å²) >= 11 is 0. The molecule has 0 aromatic carbocycles. The number of hydrogen-bond acceptors (Lipinski definition) is 9. The Kier molecular flexibility index (Phi) is 17.3. The first-order valence-corrected chi connectivity index (χ1v) is 18.9. The average molecular weight is 680 g/mol. The van der Waals surface area contributed by atoms with E-state index in [0.29, 0.717) is 55.6 Å². The average Bonchev–Trinajstić information content (AvgIpc) is 3.13. The molecule has 0 spiro atoms. The maximum atomic E-state index is 6.67. The van der Waals surface area contributed by atoms with Crippen molar-refractivity contribution in [3.05, 3.63) is 24.3 Å². The van der Waals surface area contributed by atoms with Gasteiger partial charge in [0.2, 0.25) is 0 Å². The molecule has 3 saturated carbocycles. The zero-order valence-corrected chi connectivity index (χ0v) is 31.4. The van der Waals surface area contributed by atoms with Gasteiger partial charge < -0.3 is 43.2 Å². The van der Waals surface area contributed by atoms with Gasteiger partial charge in [-0.25, -0.2) is 0 Å². The number of hydrogen-bond donors (Lipinski definition) is 1. The molecule has 48 heavy (non-hydrogen) atoms. The number of allylic oxidation sites excluding steroid dienone is 2. The zero-order chi connectivity index (χ0) is 34.5. The highest BCUT2D eigenvalue weighted by molar-refractivity contribution is 5.08. The van der Waals surface area contributed by atoms with Gasteiger partial charge in [0.05, 0.1) is 49.8 Å². The molecule has 0 bridgehead atoms. The van der Waals surface area contributed by atoms with Gasteiger partial charge in [0.15, 0.2) is 0 Å². The van der Waals surface area contributed by atoms with Crippen LogP contribution in [0.1, 0.15) is 78.1 Å². The summed E-state index contributed by atoms with van der Waals surface area (Å²) in [6.07, 6.45) is 20.7. The molecule has 4 fully saturated rings. The van der Waals surface area contributed by atoms with Gasteiger partial charge in [-0.15, -0.1) is 0 Å². The molecular weight excluding hydrogens is 610 g/mol. The van der Waals surface area contributed by atoms with Crippen LogP contribution < -0.4 is 5.32 Å². The number of ether oxygens (including phenoxy) is 8. The van der Waals surface area contributed by atoms with Crippen molar-refractivity contribution in [1.82, 2.24) is 5.32 Å². The fourth-order valence-corrected chi connectivity index (χ4v) is 9.14. The van der Waals surface area contributed by atoms with Crippen molar-refractivity contribution >= 4 is 0 Å². The van der Waals surface area contributed by atoms with Gasteiger partial charge in [0.1, 0.15) is 6.10 Å². The number of methoxy groups -OCH3 is 6. The molecule has 10 unspecified atom stereocenters. The second kappa shape index (κ2) is 20.8. The fraction of sp³-hybridized carbons (Fsp3) is 0.897. The predicted octanol–water partition coefficient (Wildman–Crippen LogP) is 5.99. The monoisotopic (exact) mass is 680 g/mol. The zero-order valence-electron chi connectivity index (χ0n) is 31.4. The van der Waals surface area contributed by atoms with E-state index in [2.05, 4.69) is 36.5 Å². The molecule has 3 aliphatic carbocycles. The van der Waals surface area contributed by atoms with Gasteiger partial charge in [-0.3, -0.25) is 0 Å². The highest BCUT2D eigenvalue weighted by Gasteiger charge is 2.42. The van der Waals surface area contributed by atoms with Crippen molar-refractivity contribution in [2.75, 3.05) is 62.5 Å². The van der Waals surface area contributed by atoms with Gasteiger partial charge >= 0.3 is 0 Å². The molecule has 1 N–H and O–H groups in total. The molecule has 0 radical (unpaired) electrons. The van der Waals surface area contributed by atoms with Crippen molar-refractivity contribution in [3.63, 3.8) is 0 Å². The number of piperidine rings is 1.